The number of hydrogen-bond acceptors (Lipinski definition) is 4. The summed E-state index contributed by atoms with van der Waals surface area (Å²) >= 11 is 0. The number of anilines is 1. The van der Waals surface area contributed by atoms with Crippen molar-refractivity contribution in [2.75, 3.05) is 24.2 Å². The summed E-state index contributed by atoms with van der Waals surface area (Å²) in [6.45, 7) is -2.15. The second kappa shape index (κ2) is 8.36. The fourth-order valence-electron chi connectivity index (χ4n) is 3.38. The molecule has 0 saturated carbocycles. The molecule has 0 atom stereocenters. The van der Waals surface area contributed by atoms with Crippen LogP contribution >= 0.6 is 0 Å². The van der Waals surface area contributed by atoms with Crippen molar-refractivity contribution in [3.8, 4) is 5.75 Å². The summed E-state index contributed by atoms with van der Waals surface area (Å²) in [5, 5.41) is 0. The van der Waals surface area contributed by atoms with Crippen molar-refractivity contribution in [1.29, 1.82) is 0 Å². The predicted octanol–water partition coefficient (Wildman–Crippen LogP) is 3.27. The van der Waals surface area contributed by atoms with Crippen molar-refractivity contribution in [1.82, 2.24) is 4.90 Å². The van der Waals surface area contributed by atoms with E-state index < -0.39 is 16.6 Å². The van der Waals surface area contributed by atoms with Gasteiger partial charge in [-0.1, -0.05) is 12.1 Å². The number of amides is 1. The molecule has 29 heavy (non-hydrogen) atoms. The van der Waals surface area contributed by atoms with Crippen molar-refractivity contribution in [3.05, 3.63) is 59.2 Å². The lowest BCUT2D eigenvalue weighted by molar-refractivity contribution is -0.0498. The first-order chi connectivity index (χ1) is 13.6. The number of ether oxygens (including phenoxy) is 1. The van der Waals surface area contributed by atoms with Gasteiger partial charge in [0, 0.05) is 25.7 Å². The van der Waals surface area contributed by atoms with Gasteiger partial charge in [-0.25, -0.2) is 8.42 Å². The number of alkyl halides is 2. The number of hydrogen-bond donors (Lipinski definition) is 0. The first-order valence-corrected chi connectivity index (χ1v) is 10.9. The smallest absolute Gasteiger partial charge is 0.387 e. The van der Waals surface area contributed by atoms with Crippen molar-refractivity contribution in [3.63, 3.8) is 0 Å². The Morgan fingerprint density at radius 2 is 1.90 bits per heavy atom. The van der Waals surface area contributed by atoms with Crippen LogP contribution in [0.1, 0.15) is 27.9 Å². The summed E-state index contributed by atoms with van der Waals surface area (Å²) in [5.74, 6) is -0.153. The molecule has 0 spiro atoms. The van der Waals surface area contributed by atoms with Gasteiger partial charge in [0.05, 0.1) is 11.9 Å². The third kappa shape index (κ3) is 5.03. The minimum Gasteiger partial charge on any atom is -0.435 e. The van der Waals surface area contributed by atoms with E-state index in [1.165, 1.54) is 27.6 Å². The first kappa shape index (κ1) is 21.0. The number of halogens is 2. The van der Waals surface area contributed by atoms with Gasteiger partial charge in [0.2, 0.25) is 10.0 Å². The summed E-state index contributed by atoms with van der Waals surface area (Å²) in [4.78, 5) is 14.3. The highest BCUT2D eigenvalue weighted by Crippen LogP contribution is 2.30. The zero-order chi connectivity index (χ0) is 21.2. The van der Waals surface area contributed by atoms with Crippen molar-refractivity contribution < 1.29 is 26.7 Å². The Morgan fingerprint density at radius 3 is 2.52 bits per heavy atom. The molecule has 0 fully saturated rings. The van der Waals surface area contributed by atoms with Gasteiger partial charge in [0.15, 0.2) is 0 Å². The van der Waals surface area contributed by atoms with Gasteiger partial charge >= 0.3 is 6.61 Å². The number of nitrogens with zero attached hydrogens (tertiary/aromatic N) is 2. The zero-order valence-corrected chi connectivity index (χ0v) is 17.0. The minimum absolute atomic E-state index is 0.0582. The number of rotatable bonds is 6. The number of benzene rings is 2. The molecule has 1 amide bonds. The summed E-state index contributed by atoms with van der Waals surface area (Å²) in [7, 11) is -1.71. The van der Waals surface area contributed by atoms with Crippen molar-refractivity contribution >= 4 is 21.6 Å². The van der Waals surface area contributed by atoms with E-state index in [4.69, 9.17) is 0 Å². The summed E-state index contributed by atoms with van der Waals surface area (Å²) in [6.07, 6.45) is 2.57. The molecule has 1 aliphatic rings. The SMILES string of the molecule is CN(Cc1ccc(OC(F)F)cc1)C(=O)c1ccc2c(c1)CCCN2S(C)(=O)=O. The van der Waals surface area contributed by atoms with Gasteiger partial charge in [-0.05, 0) is 54.3 Å². The molecule has 0 radical (unpaired) electrons. The topological polar surface area (TPSA) is 66.9 Å². The number of sulfonamides is 1. The van der Waals surface area contributed by atoms with Crippen LogP contribution in [0.5, 0.6) is 5.75 Å². The number of carbonyl (C=O) groups is 1. The Balaban J connectivity index is 1.73. The number of carbonyl (C=O) groups excluding carboxylic acids is 1. The van der Waals surface area contributed by atoms with E-state index in [1.54, 1.807) is 37.4 Å². The van der Waals surface area contributed by atoms with Gasteiger partial charge in [0.1, 0.15) is 5.75 Å². The van der Waals surface area contributed by atoms with Gasteiger partial charge in [0.25, 0.3) is 5.91 Å². The maximum Gasteiger partial charge on any atom is 0.387 e. The molecule has 156 valence electrons. The third-order valence-corrected chi connectivity index (χ3v) is 5.90. The first-order valence-electron chi connectivity index (χ1n) is 9.05. The zero-order valence-electron chi connectivity index (χ0n) is 16.1. The fraction of sp³-hybridized carbons (Fsp3) is 0.350. The molecule has 0 saturated heterocycles. The average molecular weight is 424 g/mol. The van der Waals surface area contributed by atoms with Gasteiger partial charge < -0.3 is 9.64 Å². The lowest BCUT2D eigenvalue weighted by Gasteiger charge is -2.29. The van der Waals surface area contributed by atoms with Crippen LogP contribution in [-0.4, -0.2) is 45.7 Å². The van der Waals surface area contributed by atoms with Crippen LogP contribution in [0.3, 0.4) is 0 Å². The third-order valence-electron chi connectivity index (χ3n) is 4.72. The van der Waals surface area contributed by atoms with Gasteiger partial charge in [-0.3, -0.25) is 9.10 Å². The highest BCUT2D eigenvalue weighted by atomic mass is 32.2. The largest absolute Gasteiger partial charge is 0.435 e. The predicted molar refractivity (Wildman–Crippen MR) is 106 cm³/mol. The van der Waals surface area contributed by atoms with E-state index >= 15 is 0 Å². The van der Waals surface area contributed by atoms with E-state index in [0.717, 1.165) is 11.1 Å². The van der Waals surface area contributed by atoms with Crippen LogP contribution in [-0.2, 0) is 23.0 Å². The fourth-order valence-corrected chi connectivity index (χ4v) is 4.38. The molecular formula is C20H22F2N2O4S. The second-order valence-corrected chi connectivity index (χ2v) is 8.87. The van der Waals surface area contributed by atoms with Crippen LogP contribution in [0, 0.1) is 0 Å². The van der Waals surface area contributed by atoms with Crippen LogP contribution in [0.4, 0.5) is 14.5 Å². The Bertz CT molecular complexity index is 994. The summed E-state index contributed by atoms with van der Waals surface area (Å²) < 4.78 is 54.1. The second-order valence-electron chi connectivity index (χ2n) is 6.97. The monoisotopic (exact) mass is 424 g/mol. The maximum atomic E-state index is 12.8. The Morgan fingerprint density at radius 1 is 1.21 bits per heavy atom. The minimum atomic E-state index is -3.36. The van der Waals surface area contributed by atoms with E-state index in [1.807, 2.05) is 0 Å². The molecule has 1 aliphatic heterocycles. The van der Waals surface area contributed by atoms with Crippen molar-refractivity contribution in [2.24, 2.45) is 0 Å². The Kier molecular flexibility index (Phi) is 6.07. The highest BCUT2D eigenvalue weighted by Gasteiger charge is 2.25. The van der Waals surface area contributed by atoms with Crippen LogP contribution in [0.25, 0.3) is 0 Å². The van der Waals surface area contributed by atoms with Crippen LogP contribution < -0.4 is 9.04 Å². The van der Waals surface area contributed by atoms with Gasteiger partial charge in [-0.15, -0.1) is 0 Å². The molecule has 0 N–H and O–H groups in total. The average Bonchev–Trinajstić information content (AvgIpc) is 2.66. The van der Waals surface area contributed by atoms with E-state index in [0.29, 0.717) is 37.2 Å². The Hall–Kier alpha value is -2.68. The lowest BCUT2D eigenvalue weighted by atomic mass is 10.00. The molecule has 0 aromatic heterocycles. The quantitative estimate of drug-likeness (QED) is 0.714. The van der Waals surface area contributed by atoms with Crippen LogP contribution in [0.2, 0.25) is 0 Å². The molecule has 1 heterocycles. The maximum absolute atomic E-state index is 12.8. The normalized spacial score (nSPS) is 13.9. The number of aryl methyl sites for hydroxylation is 1. The summed E-state index contributed by atoms with van der Waals surface area (Å²) in [5.41, 5.74) is 2.69. The molecule has 0 bridgehead atoms. The van der Waals surface area contributed by atoms with Crippen molar-refractivity contribution in [2.45, 2.75) is 26.0 Å². The lowest BCUT2D eigenvalue weighted by Crippen LogP contribution is -2.35. The Labute approximate surface area is 168 Å². The van der Waals surface area contributed by atoms with Gasteiger partial charge in [-0.2, -0.15) is 8.78 Å². The molecule has 2 aromatic rings. The van der Waals surface area contributed by atoms with E-state index in [-0.39, 0.29) is 11.7 Å². The van der Waals surface area contributed by atoms with Crippen LogP contribution in [0.15, 0.2) is 42.5 Å². The molecule has 0 unspecified atom stereocenters. The number of fused-ring (bicyclic) bond motifs is 1. The van der Waals surface area contributed by atoms with E-state index in [9.17, 15) is 22.0 Å². The molecule has 9 heteroatoms. The molecule has 0 aliphatic carbocycles. The molecule has 3 rings (SSSR count). The molecule has 2 aromatic carbocycles. The van der Waals surface area contributed by atoms with E-state index in [2.05, 4.69) is 4.74 Å². The molecule has 6 nitrogen and oxygen atoms in total. The highest BCUT2D eigenvalue weighted by molar-refractivity contribution is 7.92. The summed E-state index contributed by atoms with van der Waals surface area (Å²) in [6, 6.07) is 11.1. The molecular weight excluding hydrogens is 402 g/mol. The standard InChI is InChI=1S/C20H22F2N2O4S/c1-23(13-14-5-8-17(9-6-14)28-20(21)22)19(25)16-7-10-18-15(12-16)4-3-11-24(18)29(2,26)27/h5-10,12,20H,3-4,11,13H2,1-2H3.